The fraction of sp³-hybridized carbons (Fsp3) is 0.115. The van der Waals surface area contributed by atoms with Crippen LogP contribution in [0, 0.1) is 11.3 Å². The largest absolute Gasteiger partial charge is 0.497 e. The van der Waals surface area contributed by atoms with Crippen molar-refractivity contribution >= 4 is 28.9 Å². The van der Waals surface area contributed by atoms with Crippen LogP contribution in [0.15, 0.2) is 65.4 Å². The number of nitrogens with zero attached hydrogens (tertiary/aromatic N) is 2. The van der Waals surface area contributed by atoms with Crippen LogP contribution in [0.25, 0.3) is 11.3 Å². The molecule has 0 saturated heterocycles. The van der Waals surface area contributed by atoms with Crippen LogP contribution in [0.2, 0.25) is 5.02 Å². The number of hydrogen-bond acceptors (Lipinski definition) is 9. The summed E-state index contributed by atoms with van der Waals surface area (Å²) in [6, 6.07) is 16.2. The van der Waals surface area contributed by atoms with Gasteiger partial charge in [-0.2, -0.15) is 5.26 Å². The minimum atomic E-state index is -0.696. The number of nitriles is 1. The molecular weight excluding hydrogens is 516 g/mol. The molecule has 11 heteroatoms. The van der Waals surface area contributed by atoms with Gasteiger partial charge in [-0.15, -0.1) is 16.4 Å². The molecular formula is C26H19ClN4O5S. The molecule has 1 aliphatic rings. The number of esters is 1. The van der Waals surface area contributed by atoms with Gasteiger partial charge in [-0.05, 0) is 53.4 Å². The van der Waals surface area contributed by atoms with E-state index in [1.165, 1.54) is 18.4 Å². The van der Waals surface area contributed by atoms with Gasteiger partial charge in [0.2, 0.25) is 11.8 Å². The quantitative estimate of drug-likeness (QED) is 0.253. The first-order chi connectivity index (χ1) is 17.9. The number of allylic oxidation sites excluding steroid dienone is 1. The van der Waals surface area contributed by atoms with Gasteiger partial charge < -0.3 is 24.7 Å². The average Bonchev–Trinajstić information content (AvgIpc) is 3.59. The number of nitrogens with one attached hydrogen (secondary N) is 1. The third-order valence-corrected chi connectivity index (χ3v) is 6.95. The number of halogens is 1. The van der Waals surface area contributed by atoms with Crippen molar-refractivity contribution in [3.8, 4) is 40.5 Å². The molecule has 0 unspecified atom stereocenters. The zero-order valence-electron chi connectivity index (χ0n) is 19.6. The number of fused-ring (bicyclic) bond motifs is 1. The number of thiophene rings is 1. The van der Waals surface area contributed by atoms with Crippen molar-refractivity contribution in [2.24, 2.45) is 5.73 Å². The molecule has 5 rings (SSSR count). The zero-order chi connectivity index (χ0) is 26.1. The Morgan fingerprint density at radius 1 is 1.22 bits per heavy atom. The molecule has 37 heavy (non-hydrogen) atoms. The number of carbonyl (C=O) groups is 1. The minimum Gasteiger partial charge on any atom is -0.497 e. The normalized spacial score (nSPS) is 14.4. The highest BCUT2D eigenvalue weighted by atomic mass is 35.5. The molecule has 3 N–H and O–H groups in total. The smallest absolute Gasteiger partial charge is 0.353 e. The first-order valence-corrected chi connectivity index (χ1v) is 12.1. The maximum absolute atomic E-state index is 12.6. The van der Waals surface area contributed by atoms with E-state index in [1.807, 2.05) is 24.3 Å². The molecule has 0 amide bonds. The molecule has 2 aromatic carbocycles. The number of rotatable bonds is 6. The van der Waals surface area contributed by atoms with Gasteiger partial charge in [-0.3, -0.25) is 5.10 Å². The summed E-state index contributed by atoms with van der Waals surface area (Å²) in [5.41, 5.74) is 8.87. The lowest BCUT2D eigenvalue weighted by atomic mass is 9.83. The van der Waals surface area contributed by atoms with Gasteiger partial charge in [0.05, 0.1) is 36.4 Å². The maximum Gasteiger partial charge on any atom is 0.353 e. The van der Waals surface area contributed by atoms with E-state index in [9.17, 15) is 10.1 Å². The molecule has 0 saturated carbocycles. The molecule has 0 fully saturated rings. The van der Waals surface area contributed by atoms with E-state index in [0.29, 0.717) is 27.4 Å². The van der Waals surface area contributed by atoms with Crippen LogP contribution < -0.4 is 24.7 Å². The summed E-state index contributed by atoms with van der Waals surface area (Å²) in [4.78, 5) is 13.0. The fourth-order valence-corrected chi connectivity index (χ4v) is 4.96. The Kier molecular flexibility index (Phi) is 6.48. The van der Waals surface area contributed by atoms with E-state index in [4.69, 9.17) is 36.3 Å². The summed E-state index contributed by atoms with van der Waals surface area (Å²) in [5.74, 6) is -0.127. The third kappa shape index (κ3) is 4.35. The van der Waals surface area contributed by atoms with E-state index < -0.39 is 11.9 Å². The first kappa shape index (κ1) is 24.2. The molecule has 4 aromatic rings. The number of benzene rings is 2. The highest BCUT2D eigenvalue weighted by Gasteiger charge is 2.36. The van der Waals surface area contributed by atoms with Crippen molar-refractivity contribution in [2.45, 2.75) is 5.92 Å². The molecule has 0 radical (unpaired) electrons. The van der Waals surface area contributed by atoms with Gasteiger partial charge in [0.1, 0.15) is 22.3 Å². The number of methoxy groups -OCH3 is 2. The van der Waals surface area contributed by atoms with Crippen molar-refractivity contribution in [3.05, 3.63) is 86.4 Å². The van der Waals surface area contributed by atoms with Gasteiger partial charge >= 0.3 is 5.97 Å². The first-order valence-electron chi connectivity index (χ1n) is 10.9. The predicted molar refractivity (Wildman–Crippen MR) is 137 cm³/mol. The number of ether oxygens (including phenoxy) is 4. The number of carbonyl (C=O) groups excluding carboxylic acids is 1. The number of aromatic nitrogens is 2. The van der Waals surface area contributed by atoms with Crippen LogP contribution in [0.5, 0.6) is 23.1 Å². The van der Waals surface area contributed by atoms with Crippen LogP contribution in [-0.2, 0) is 0 Å². The molecule has 1 aliphatic heterocycles. The van der Waals surface area contributed by atoms with Crippen molar-refractivity contribution < 1.29 is 23.7 Å². The molecule has 186 valence electrons. The Balaban J connectivity index is 1.62. The topological polar surface area (TPSA) is 132 Å². The summed E-state index contributed by atoms with van der Waals surface area (Å²) in [7, 11) is 3.02. The van der Waals surface area contributed by atoms with Gasteiger partial charge in [-0.1, -0.05) is 17.7 Å². The van der Waals surface area contributed by atoms with Crippen LogP contribution in [-0.4, -0.2) is 30.4 Å². The van der Waals surface area contributed by atoms with E-state index in [2.05, 4.69) is 16.3 Å². The molecule has 9 nitrogen and oxygen atoms in total. The average molecular weight is 535 g/mol. The Bertz CT molecular complexity index is 1560. The van der Waals surface area contributed by atoms with E-state index in [-0.39, 0.29) is 33.9 Å². The summed E-state index contributed by atoms with van der Waals surface area (Å²) < 4.78 is 22.0. The summed E-state index contributed by atoms with van der Waals surface area (Å²) in [6.07, 6.45) is 0. The second-order valence-electron chi connectivity index (χ2n) is 7.87. The van der Waals surface area contributed by atoms with E-state index in [0.717, 1.165) is 5.56 Å². The van der Waals surface area contributed by atoms with Crippen molar-refractivity contribution in [1.29, 1.82) is 5.26 Å². The molecule has 1 atom stereocenters. The predicted octanol–water partition coefficient (Wildman–Crippen LogP) is 5.25. The lowest BCUT2D eigenvalue weighted by Gasteiger charge is -2.25. The molecule has 0 aliphatic carbocycles. The third-order valence-electron chi connectivity index (χ3n) is 5.82. The van der Waals surface area contributed by atoms with Crippen LogP contribution in [0.4, 0.5) is 0 Å². The van der Waals surface area contributed by atoms with Crippen LogP contribution in [0.1, 0.15) is 26.7 Å². The SMILES string of the molecule is COc1ccc(-c2[nH]nc3c2[C@H](c2cc(Cl)c(OC(=O)c4cccs4)c(OC)c2)C(C#N)=C(N)O3)cc1. The molecule has 3 heterocycles. The molecule has 2 aromatic heterocycles. The highest BCUT2D eigenvalue weighted by molar-refractivity contribution is 7.12. The number of nitrogens with two attached hydrogens (primary N) is 1. The summed E-state index contributed by atoms with van der Waals surface area (Å²) >= 11 is 7.85. The Labute approximate surface area is 220 Å². The second kappa shape index (κ2) is 9.89. The second-order valence-corrected chi connectivity index (χ2v) is 9.23. The summed E-state index contributed by atoms with van der Waals surface area (Å²) in [6.45, 7) is 0. The highest BCUT2D eigenvalue weighted by Crippen LogP contribution is 2.48. The zero-order valence-corrected chi connectivity index (χ0v) is 21.1. The number of hydrogen-bond donors (Lipinski definition) is 2. The van der Waals surface area contributed by atoms with Crippen LogP contribution >= 0.6 is 22.9 Å². The number of H-pyrrole nitrogens is 1. The van der Waals surface area contributed by atoms with Gasteiger partial charge in [0.15, 0.2) is 11.5 Å². The summed E-state index contributed by atoms with van der Waals surface area (Å²) in [5, 5.41) is 19.2. The maximum atomic E-state index is 12.6. The monoisotopic (exact) mass is 534 g/mol. The number of aromatic amines is 1. The van der Waals surface area contributed by atoms with E-state index >= 15 is 0 Å². The van der Waals surface area contributed by atoms with E-state index in [1.54, 1.807) is 36.8 Å². The van der Waals surface area contributed by atoms with Crippen molar-refractivity contribution in [3.63, 3.8) is 0 Å². The standard InChI is InChI=1S/C26H19ClN4O5S/c1-33-15-7-5-13(6-8-15)22-21-20(16(12-28)24(29)36-25(21)31-30-22)14-10-17(27)23(18(11-14)34-2)35-26(32)19-4-3-9-37-19/h3-11,20H,29H2,1-2H3,(H,30,31)/t20-/m1/s1. The minimum absolute atomic E-state index is 0.0663. The van der Waals surface area contributed by atoms with Gasteiger partial charge in [0, 0.05) is 5.56 Å². The van der Waals surface area contributed by atoms with Crippen LogP contribution in [0.3, 0.4) is 0 Å². The van der Waals surface area contributed by atoms with Crippen molar-refractivity contribution in [2.75, 3.05) is 14.2 Å². The van der Waals surface area contributed by atoms with Gasteiger partial charge in [-0.25, -0.2) is 4.79 Å². The van der Waals surface area contributed by atoms with Crippen molar-refractivity contribution in [1.82, 2.24) is 10.2 Å². The Morgan fingerprint density at radius 3 is 2.65 bits per heavy atom. The van der Waals surface area contributed by atoms with Gasteiger partial charge in [0.25, 0.3) is 0 Å². The molecule has 0 bridgehead atoms. The Hall–Kier alpha value is -4.46. The Morgan fingerprint density at radius 2 is 2.00 bits per heavy atom. The fourth-order valence-electron chi connectivity index (χ4n) is 4.10. The molecule has 0 spiro atoms. The lowest BCUT2D eigenvalue weighted by molar-refractivity contribution is 0.0735. The lowest BCUT2D eigenvalue weighted by Crippen LogP contribution is -2.21.